The molecule has 0 radical (unpaired) electrons. The van der Waals surface area contributed by atoms with Crippen LogP contribution in [-0.2, 0) is 24.0 Å². The van der Waals surface area contributed by atoms with Gasteiger partial charge in [0, 0.05) is 31.0 Å². The van der Waals surface area contributed by atoms with Crippen LogP contribution in [0.3, 0.4) is 0 Å². The van der Waals surface area contributed by atoms with Gasteiger partial charge in [-0.25, -0.2) is 0 Å². The van der Waals surface area contributed by atoms with E-state index in [0.717, 1.165) is 17.1 Å². The van der Waals surface area contributed by atoms with Gasteiger partial charge in [0.1, 0.15) is 6.04 Å². The number of nitrogens with zero attached hydrogens (tertiary/aromatic N) is 1. The van der Waals surface area contributed by atoms with Gasteiger partial charge in [0.2, 0.25) is 11.8 Å². The van der Waals surface area contributed by atoms with Crippen molar-refractivity contribution in [3.63, 3.8) is 0 Å². The van der Waals surface area contributed by atoms with E-state index < -0.39 is 35.7 Å². The highest BCUT2D eigenvalue weighted by atomic mass is 16.2. The largest absolute Gasteiger partial charge is 0.345 e. The summed E-state index contributed by atoms with van der Waals surface area (Å²) in [7, 11) is 0. The molecule has 4 amide bonds. The van der Waals surface area contributed by atoms with E-state index in [1.54, 1.807) is 20.8 Å². The number of rotatable bonds is 8. The van der Waals surface area contributed by atoms with Gasteiger partial charge >= 0.3 is 0 Å². The zero-order chi connectivity index (χ0) is 18.4. The molecule has 1 heterocycles. The summed E-state index contributed by atoms with van der Waals surface area (Å²) in [6.07, 6.45) is 2.18. The molecule has 0 spiro atoms. The van der Waals surface area contributed by atoms with Crippen molar-refractivity contribution in [2.45, 2.75) is 46.2 Å². The van der Waals surface area contributed by atoms with E-state index in [9.17, 15) is 24.0 Å². The van der Waals surface area contributed by atoms with Crippen LogP contribution >= 0.6 is 0 Å². The van der Waals surface area contributed by atoms with Crippen molar-refractivity contribution in [2.24, 2.45) is 5.92 Å². The lowest BCUT2D eigenvalue weighted by molar-refractivity contribution is -0.137. The molecule has 2 atom stereocenters. The molecule has 0 aromatic carbocycles. The molecule has 24 heavy (non-hydrogen) atoms. The molecule has 0 aromatic rings. The molecule has 0 saturated carbocycles. The van der Waals surface area contributed by atoms with E-state index >= 15 is 0 Å². The quantitative estimate of drug-likeness (QED) is 0.582. The number of nitrogens with one attached hydrogen (secondary N) is 2. The maximum absolute atomic E-state index is 12.0. The van der Waals surface area contributed by atoms with Gasteiger partial charge in [-0.05, 0) is 13.8 Å². The summed E-state index contributed by atoms with van der Waals surface area (Å²) in [5.41, 5.74) is 0. The molecule has 0 aromatic heterocycles. The third kappa shape index (κ3) is 5.29. The Bertz CT molecular complexity index is 564. The first-order valence-electron chi connectivity index (χ1n) is 7.80. The molecular formula is C16H23N3O5. The Morgan fingerprint density at radius 1 is 0.958 bits per heavy atom. The first kappa shape index (κ1) is 19.5. The van der Waals surface area contributed by atoms with Crippen LogP contribution in [0.15, 0.2) is 12.2 Å². The molecular weight excluding hydrogens is 314 g/mol. The van der Waals surface area contributed by atoms with Gasteiger partial charge in [-0.1, -0.05) is 13.8 Å². The first-order valence-corrected chi connectivity index (χ1v) is 7.80. The van der Waals surface area contributed by atoms with Gasteiger partial charge in [0.05, 0.1) is 6.04 Å². The summed E-state index contributed by atoms with van der Waals surface area (Å²) in [6.45, 7) is 6.52. The van der Waals surface area contributed by atoms with Gasteiger partial charge in [0.15, 0.2) is 5.78 Å². The number of hydrogen-bond donors (Lipinski definition) is 2. The summed E-state index contributed by atoms with van der Waals surface area (Å²) >= 11 is 0. The van der Waals surface area contributed by atoms with Crippen molar-refractivity contribution in [3.8, 4) is 0 Å². The van der Waals surface area contributed by atoms with E-state index in [-0.39, 0.29) is 24.7 Å². The fraction of sp³-hybridized carbons (Fsp3) is 0.562. The molecule has 1 aliphatic rings. The van der Waals surface area contributed by atoms with E-state index in [1.807, 2.05) is 0 Å². The molecule has 8 nitrogen and oxygen atoms in total. The highest BCUT2D eigenvalue weighted by Gasteiger charge is 2.25. The minimum Gasteiger partial charge on any atom is -0.345 e. The third-order valence-electron chi connectivity index (χ3n) is 3.59. The fourth-order valence-corrected chi connectivity index (χ4v) is 2.15. The van der Waals surface area contributed by atoms with Gasteiger partial charge in [-0.2, -0.15) is 0 Å². The molecule has 0 bridgehead atoms. The molecule has 8 heteroatoms. The lowest BCUT2D eigenvalue weighted by atomic mass is 10.0. The van der Waals surface area contributed by atoms with Crippen molar-refractivity contribution in [1.82, 2.24) is 15.5 Å². The number of carbonyl (C=O) groups excluding carboxylic acids is 5. The second-order valence-corrected chi connectivity index (χ2v) is 5.99. The Balaban J connectivity index is 2.40. The van der Waals surface area contributed by atoms with Gasteiger partial charge in [-0.15, -0.1) is 0 Å². The lowest BCUT2D eigenvalue weighted by Crippen LogP contribution is -2.50. The second kappa shape index (κ2) is 8.37. The van der Waals surface area contributed by atoms with Crippen LogP contribution in [0.4, 0.5) is 0 Å². The van der Waals surface area contributed by atoms with Crippen LogP contribution in [0, 0.1) is 5.92 Å². The average molecular weight is 337 g/mol. The van der Waals surface area contributed by atoms with Crippen molar-refractivity contribution in [2.75, 3.05) is 6.54 Å². The number of imide groups is 1. The van der Waals surface area contributed by atoms with Crippen LogP contribution in [0.25, 0.3) is 0 Å². The molecule has 1 rings (SSSR count). The predicted octanol–water partition coefficient (Wildman–Crippen LogP) is -0.464. The highest BCUT2D eigenvalue weighted by molar-refractivity contribution is 6.13. The monoisotopic (exact) mass is 337 g/mol. The molecule has 1 aliphatic heterocycles. The summed E-state index contributed by atoms with van der Waals surface area (Å²) in [5, 5.41) is 5.02. The molecule has 0 saturated heterocycles. The number of ketones is 1. The van der Waals surface area contributed by atoms with Crippen molar-refractivity contribution >= 4 is 29.4 Å². The molecule has 0 unspecified atom stereocenters. The third-order valence-corrected chi connectivity index (χ3v) is 3.59. The van der Waals surface area contributed by atoms with Crippen molar-refractivity contribution in [3.05, 3.63) is 12.2 Å². The SMILES string of the molecule is CC(C)C(=O)[C@H](C)NC(=O)[C@H](C)NC(=O)CCN1C(=O)C=CC1=O. The molecule has 132 valence electrons. The first-order chi connectivity index (χ1) is 11.1. The van der Waals surface area contributed by atoms with Crippen molar-refractivity contribution < 1.29 is 24.0 Å². The molecule has 0 aliphatic carbocycles. The van der Waals surface area contributed by atoms with Crippen molar-refractivity contribution in [1.29, 1.82) is 0 Å². The number of carbonyl (C=O) groups is 5. The topological polar surface area (TPSA) is 113 Å². The standard InChI is InChI=1S/C16H23N3O5/c1-9(2)15(23)10(3)18-16(24)11(4)17-12(20)7-8-19-13(21)5-6-14(19)22/h5-6,9-11H,7-8H2,1-4H3,(H,17,20)(H,18,24)/t10-,11-/m0/s1. The predicted molar refractivity (Wildman–Crippen MR) is 85.5 cm³/mol. The van der Waals surface area contributed by atoms with Gasteiger partial charge in [0.25, 0.3) is 11.8 Å². The molecule has 2 N–H and O–H groups in total. The zero-order valence-corrected chi connectivity index (χ0v) is 14.3. The van der Waals surface area contributed by atoms with Gasteiger partial charge in [-0.3, -0.25) is 28.9 Å². The molecule has 0 fully saturated rings. The van der Waals surface area contributed by atoms with Crippen LogP contribution in [0.2, 0.25) is 0 Å². The van der Waals surface area contributed by atoms with Crippen LogP contribution < -0.4 is 10.6 Å². The average Bonchev–Trinajstić information content (AvgIpc) is 2.82. The van der Waals surface area contributed by atoms with E-state index in [4.69, 9.17) is 0 Å². The number of hydrogen-bond acceptors (Lipinski definition) is 5. The zero-order valence-electron chi connectivity index (χ0n) is 14.3. The van der Waals surface area contributed by atoms with E-state index in [2.05, 4.69) is 10.6 Å². The summed E-state index contributed by atoms with van der Waals surface area (Å²) in [5.74, 6) is -2.15. The second-order valence-electron chi connectivity index (χ2n) is 5.99. The number of amides is 4. The van der Waals surface area contributed by atoms with Gasteiger partial charge < -0.3 is 10.6 Å². The summed E-state index contributed by atoms with van der Waals surface area (Å²) in [4.78, 5) is 59.2. The normalized spacial score (nSPS) is 16.3. The van der Waals surface area contributed by atoms with E-state index in [0.29, 0.717) is 0 Å². The minimum atomic E-state index is -0.831. The fourth-order valence-electron chi connectivity index (χ4n) is 2.15. The maximum atomic E-state index is 12.0. The highest BCUT2D eigenvalue weighted by Crippen LogP contribution is 2.04. The van der Waals surface area contributed by atoms with E-state index in [1.165, 1.54) is 6.92 Å². The Morgan fingerprint density at radius 2 is 1.50 bits per heavy atom. The summed E-state index contributed by atoms with van der Waals surface area (Å²) < 4.78 is 0. The summed E-state index contributed by atoms with van der Waals surface area (Å²) in [6, 6.07) is -1.47. The Labute approximate surface area is 140 Å². The Morgan fingerprint density at radius 3 is 2.00 bits per heavy atom. The Hall–Kier alpha value is -2.51. The Kier molecular flexibility index (Phi) is 6.82. The minimum absolute atomic E-state index is 0.0485. The maximum Gasteiger partial charge on any atom is 0.253 e. The van der Waals surface area contributed by atoms with Crippen LogP contribution in [-0.4, -0.2) is 52.9 Å². The van der Waals surface area contributed by atoms with Crippen LogP contribution in [0.5, 0.6) is 0 Å². The van der Waals surface area contributed by atoms with Crippen LogP contribution in [0.1, 0.15) is 34.1 Å². The lowest BCUT2D eigenvalue weighted by Gasteiger charge is -2.19. The number of Topliss-reactive ketones (excluding diaryl/α,β-unsaturated/α-hetero) is 1. The smallest absolute Gasteiger partial charge is 0.253 e.